The molecule has 1 N–H and O–H groups in total. The van der Waals surface area contributed by atoms with Crippen molar-refractivity contribution in [1.82, 2.24) is 0 Å². The number of phenolic OH excluding ortho intramolecular Hbond substituents is 1. The highest BCUT2D eigenvalue weighted by molar-refractivity contribution is 7.91. The molecule has 1 aromatic rings. The van der Waals surface area contributed by atoms with Crippen LogP contribution >= 0.6 is 11.6 Å². The van der Waals surface area contributed by atoms with Gasteiger partial charge in [0, 0.05) is 22.9 Å². The highest BCUT2D eigenvalue weighted by atomic mass is 35.5. The van der Waals surface area contributed by atoms with Crippen LogP contribution in [0.5, 0.6) is 5.75 Å². The van der Waals surface area contributed by atoms with Gasteiger partial charge in [0.15, 0.2) is 9.84 Å². The highest BCUT2D eigenvalue weighted by Crippen LogP contribution is 2.32. The van der Waals surface area contributed by atoms with E-state index in [4.69, 9.17) is 11.6 Å². The number of rotatable bonds is 3. The Morgan fingerprint density at radius 3 is 2.75 bits per heavy atom. The molecule has 0 aliphatic carbocycles. The molecule has 0 saturated carbocycles. The van der Waals surface area contributed by atoms with Crippen LogP contribution in [0.1, 0.15) is 12.0 Å². The van der Waals surface area contributed by atoms with Crippen molar-refractivity contribution in [3.8, 4) is 5.75 Å². The fraction of sp³-hybridized carbons (Fsp3) is 0.364. The Labute approximate surface area is 120 Å². The van der Waals surface area contributed by atoms with Crippen molar-refractivity contribution >= 4 is 33.3 Å². The summed E-state index contributed by atoms with van der Waals surface area (Å²) in [5.74, 6) is -0.507. The molecule has 9 heteroatoms. The Hall–Kier alpha value is -1.67. The van der Waals surface area contributed by atoms with Gasteiger partial charge in [0.05, 0.1) is 22.5 Å². The van der Waals surface area contributed by atoms with Gasteiger partial charge >= 0.3 is 5.69 Å². The number of nitro benzene ring substituents is 1. The molecule has 0 unspecified atom stereocenters. The van der Waals surface area contributed by atoms with Crippen LogP contribution in [-0.2, 0) is 9.84 Å². The summed E-state index contributed by atoms with van der Waals surface area (Å²) in [6.45, 7) is 0. The lowest BCUT2D eigenvalue weighted by atomic mass is 10.2. The zero-order valence-electron chi connectivity index (χ0n) is 10.2. The predicted molar refractivity (Wildman–Crippen MR) is 74.4 cm³/mol. The maximum absolute atomic E-state index is 11.3. The second-order valence-corrected chi connectivity index (χ2v) is 7.12. The molecule has 0 aromatic heterocycles. The molecule has 0 spiro atoms. The predicted octanol–water partition coefficient (Wildman–Crippen LogP) is 1.56. The average molecular weight is 319 g/mol. The lowest BCUT2D eigenvalue weighted by molar-refractivity contribution is -0.385. The monoisotopic (exact) mass is 318 g/mol. The van der Waals surface area contributed by atoms with Gasteiger partial charge < -0.3 is 5.11 Å². The molecule has 1 aromatic carbocycles. The summed E-state index contributed by atoms with van der Waals surface area (Å²) in [7, 11) is -3.05. The van der Waals surface area contributed by atoms with Gasteiger partial charge in [-0.3, -0.25) is 15.1 Å². The number of nitro groups is 1. The van der Waals surface area contributed by atoms with Crippen molar-refractivity contribution in [2.75, 3.05) is 11.5 Å². The normalized spacial score (nSPS) is 21.4. The van der Waals surface area contributed by atoms with Gasteiger partial charge in [-0.25, -0.2) is 8.42 Å². The first-order valence-electron chi connectivity index (χ1n) is 5.69. The molecule has 108 valence electrons. The third-order valence-corrected chi connectivity index (χ3v) is 4.88. The Kier molecular flexibility index (Phi) is 3.96. The SMILES string of the molecule is O=[N+]([O-])c1cc(Cl)cc(C=N[C@@H]2CCS(=O)(=O)C2)c1O. The minimum absolute atomic E-state index is 0.0487. The number of nitrogens with zero attached hydrogens (tertiary/aromatic N) is 2. The van der Waals surface area contributed by atoms with Crippen molar-refractivity contribution in [2.24, 2.45) is 4.99 Å². The van der Waals surface area contributed by atoms with E-state index in [1.807, 2.05) is 0 Å². The zero-order valence-corrected chi connectivity index (χ0v) is 11.8. The van der Waals surface area contributed by atoms with E-state index in [1.54, 1.807) is 0 Å². The lowest BCUT2D eigenvalue weighted by Gasteiger charge is -2.03. The van der Waals surface area contributed by atoms with Crippen LogP contribution in [0.3, 0.4) is 0 Å². The molecule has 1 aliphatic heterocycles. The van der Waals surface area contributed by atoms with E-state index in [1.165, 1.54) is 12.3 Å². The highest BCUT2D eigenvalue weighted by Gasteiger charge is 2.27. The number of halogens is 1. The first-order valence-corrected chi connectivity index (χ1v) is 7.89. The van der Waals surface area contributed by atoms with E-state index in [0.717, 1.165) is 6.07 Å². The Balaban J connectivity index is 2.28. The minimum atomic E-state index is -3.05. The molecule has 20 heavy (non-hydrogen) atoms. The van der Waals surface area contributed by atoms with E-state index in [-0.39, 0.29) is 22.1 Å². The third-order valence-electron chi connectivity index (χ3n) is 2.91. The van der Waals surface area contributed by atoms with Gasteiger partial charge in [-0.2, -0.15) is 0 Å². The maximum Gasteiger partial charge on any atom is 0.312 e. The molecule has 2 rings (SSSR count). The molecule has 0 bridgehead atoms. The summed E-state index contributed by atoms with van der Waals surface area (Å²) in [6.07, 6.45) is 1.63. The summed E-state index contributed by atoms with van der Waals surface area (Å²) >= 11 is 5.73. The smallest absolute Gasteiger partial charge is 0.312 e. The maximum atomic E-state index is 11.3. The molecular formula is C11H11ClN2O5S. The van der Waals surface area contributed by atoms with Crippen molar-refractivity contribution in [2.45, 2.75) is 12.5 Å². The van der Waals surface area contributed by atoms with Gasteiger partial charge in [-0.05, 0) is 12.5 Å². The number of hydrogen-bond acceptors (Lipinski definition) is 6. The van der Waals surface area contributed by atoms with Crippen molar-refractivity contribution < 1.29 is 18.4 Å². The first-order chi connectivity index (χ1) is 9.28. The van der Waals surface area contributed by atoms with E-state index in [9.17, 15) is 23.6 Å². The summed E-state index contributed by atoms with van der Waals surface area (Å²) in [4.78, 5) is 14.0. The van der Waals surface area contributed by atoms with Crippen molar-refractivity contribution in [3.63, 3.8) is 0 Å². The number of hydrogen-bond donors (Lipinski definition) is 1. The van der Waals surface area contributed by atoms with Gasteiger partial charge in [0.2, 0.25) is 5.75 Å². The largest absolute Gasteiger partial charge is 0.502 e. The van der Waals surface area contributed by atoms with Crippen LogP contribution < -0.4 is 0 Å². The average Bonchev–Trinajstić information content (AvgIpc) is 2.69. The second-order valence-electron chi connectivity index (χ2n) is 4.45. The third kappa shape index (κ3) is 3.26. The van der Waals surface area contributed by atoms with Crippen LogP contribution in [0, 0.1) is 10.1 Å². The lowest BCUT2D eigenvalue weighted by Crippen LogP contribution is -2.07. The topological polar surface area (TPSA) is 110 Å². The van der Waals surface area contributed by atoms with Crippen LogP contribution in [0.15, 0.2) is 17.1 Å². The Morgan fingerprint density at radius 2 is 2.20 bits per heavy atom. The first kappa shape index (κ1) is 14.7. The minimum Gasteiger partial charge on any atom is -0.502 e. The van der Waals surface area contributed by atoms with E-state index < -0.39 is 32.2 Å². The molecule has 0 amide bonds. The number of phenols is 1. The molecule has 1 saturated heterocycles. The summed E-state index contributed by atoms with van der Waals surface area (Å²) < 4.78 is 22.6. The molecule has 1 atom stereocenters. The molecule has 0 radical (unpaired) electrons. The summed E-state index contributed by atoms with van der Waals surface area (Å²) in [5.41, 5.74) is -0.425. The molecule has 1 aliphatic rings. The van der Waals surface area contributed by atoms with E-state index >= 15 is 0 Å². The van der Waals surface area contributed by atoms with E-state index in [0.29, 0.717) is 6.42 Å². The number of aliphatic imine (C=N–C) groups is 1. The summed E-state index contributed by atoms with van der Waals surface area (Å²) in [5, 5.41) is 20.6. The quantitative estimate of drug-likeness (QED) is 0.516. The number of sulfone groups is 1. The fourth-order valence-corrected chi connectivity index (χ4v) is 3.78. The zero-order chi connectivity index (χ0) is 14.9. The van der Waals surface area contributed by atoms with Crippen LogP contribution in [0.25, 0.3) is 0 Å². The molecule has 1 heterocycles. The standard InChI is InChI=1S/C11H11ClN2O5S/c12-8-3-7(11(15)10(4-8)14(16)17)5-13-9-1-2-20(18,19)6-9/h3-5,9,15H,1-2,6H2/t9-/m1/s1. The van der Waals surface area contributed by atoms with Crippen molar-refractivity contribution in [3.05, 3.63) is 32.8 Å². The molecular weight excluding hydrogens is 308 g/mol. The van der Waals surface area contributed by atoms with Gasteiger partial charge in [-0.15, -0.1) is 0 Å². The van der Waals surface area contributed by atoms with Gasteiger partial charge in [0.25, 0.3) is 0 Å². The number of benzene rings is 1. The van der Waals surface area contributed by atoms with E-state index in [2.05, 4.69) is 4.99 Å². The molecule has 1 fully saturated rings. The molecule has 7 nitrogen and oxygen atoms in total. The van der Waals surface area contributed by atoms with Crippen LogP contribution in [0.2, 0.25) is 5.02 Å². The van der Waals surface area contributed by atoms with Gasteiger partial charge in [0.1, 0.15) is 0 Å². The Morgan fingerprint density at radius 1 is 1.50 bits per heavy atom. The number of aromatic hydroxyl groups is 1. The van der Waals surface area contributed by atoms with Crippen LogP contribution in [-0.4, -0.2) is 42.2 Å². The second kappa shape index (κ2) is 5.37. The fourth-order valence-electron chi connectivity index (χ4n) is 1.92. The Bertz CT molecular complexity index is 686. The van der Waals surface area contributed by atoms with Gasteiger partial charge in [-0.1, -0.05) is 11.6 Å². The summed E-state index contributed by atoms with van der Waals surface area (Å²) in [6, 6.07) is 1.97. The van der Waals surface area contributed by atoms with Crippen LogP contribution in [0.4, 0.5) is 5.69 Å². The van der Waals surface area contributed by atoms with Crippen molar-refractivity contribution in [1.29, 1.82) is 0 Å².